The molecule has 2 N–H and O–H groups in total. The fourth-order valence-corrected chi connectivity index (χ4v) is 3.33. The molecule has 128 valence electrons. The zero-order chi connectivity index (χ0) is 18.2. The number of hydrogen-bond acceptors (Lipinski definition) is 3. The zero-order valence-electron chi connectivity index (χ0n) is 15.3. The number of hydrogen-bond donors (Lipinski definition) is 2. The summed E-state index contributed by atoms with van der Waals surface area (Å²) in [5.41, 5.74) is 4.86. The lowest BCUT2D eigenvalue weighted by Gasteiger charge is -2.21. The second kappa shape index (κ2) is 6.68. The monoisotopic (exact) mass is 326 g/mol. The van der Waals surface area contributed by atoms with Gasteiger partial charge in [-0.15, -0.1) is 0 Å². The fourth-order valence-electron chi connectivity index (χ4n) is 3.33. The first-order valence-electron chi connectivity index (χ1n) is 8.27. The van der Waals surface area contributed by atoms with Gasteiger partial charge in [0.2, 0.25) is 0 Å². The third-order valence-corrected chi connectivity index (χ3v) is 4.74. The Morgan fingerprint density at radius 1 is 0.750 bits per heavy atom. The quantitative estimate of drug-likeness (QED) is 0.848. The average Bonchev–Trinajstić information content (AvgIpc) is 2.52. The Morgan fingerprint density at radius 2 is 1.08 bits per heavy atom. The maximum absolute atomic E-state index is 13.0. The third-order valence-electron chi connectivity index (χ3n) is 4.74. The van der Waals surface area contributed by atoms with Gasteiger partial charge in [-0.2, -0.15) is 0 Å². The molecular weight excluding hydrogens is 300 g/mol. The standard InChI is InChI=1S/C21H26O3/c1-11-7-13(3)19(22)17(9-11)15(5)21(24)16(6)18-10-12(2)8-14(4)20(18)23/h7-10,15-16,22-23H,1-6H3. The number of rotatable bonds is 4. The van der Waals surface area contributed by atoms with Crippen LogP contribution < -0.4 is 0 Å². The molecule has 0 heterocycles. The third kappa shape index (κ3) is 3.30. The van der Waals surface area contributed by atoms with Gasteiger partial charge in [0, 0.05) is 23.0 Å². The van der Waals surface area contributed by atoms with Crippen molar-refractivity contribution < 1.29 is 15.0 Å². The van der Waals surface area contributed by atoms with E-state index in [2.05, 4.69) is 0 Å². The van der Waals surface area contributed by atoms with E-state index >= 15 is 0 Å². The topological polar surface area (TPSA) is 57.5 Å². The number of aromatic hydroxyl groups is 2. The van der Waals surface area contributed by atoms with E-state index < -0.39 is 11.8 Å². The highest BCUT2D eigenvalue weighted by Crippen LogP contribution is 2.37. The Kier molecular flexibility index (Phi) is 5.02. The molecule has 0 aliphatic carbocycles. The lowest BCUT2D eigenvalue weighted by molar-refractivity contribution is -0.121. The summed E-state index contributed by atoms with van der Waals surface area (Å²) in [6.07, 6.45) is 0. The molecule has 0 saturated carbocycles. The van der Waals surface area contributed by atoms with E-state index in [1.807, 2.05) is 65.8 Å². The second-order valence-electron chi connectivity index (χ2n) is 6.89. The summed E-state index contributed by atoms with van der Waals surface area (Å²) in [7, 11) is 0. The minimum Gasteiger partial charge on any atom is -0.507 e. The van der Waals surface area contributed by atoms with Crippen molar-refractivity contribution in [2.75, 3.05) is 0 Å². The van der Waals surface area contributed by atoms with Gasteiger partial charge in [-0.25, -0.2) is 0 Å². The van der Waals surface area contributed by atoms with Crippen LogP contribution >= 0.6 is 0 Å². The van der Waals surface area contributed by atoms with E-state index in [9.17, 15) is 15.0 Å². The van der Waals surface area contributed by atoms with Crippen molar-refractivity contribution in [3.05, 3.63) is 57.6 Å². The molecule has 0 aromatic heterocycles. The van der Waals surface area contributed by atoms with Crippen molar-refractivity contribution in [1.29, 1.82) is 0 Å². The van der Waals surface area contributed by atoms with Crippen molar-refractivity contribution in [2.24, 2.45) is 0 Å². The minimum absolute atomic E-state index is 0.0180. The highest BCUT2D eigenvalue weighted by molar-refractivity contribution is 5.92. The fraction of sp³-hybridized carbons (Fsp3) is 0.381. The van der Waals surface area contributed by atoms with Crippen molar-refractivity contribution in [3.8, 4) is 11.5 Å². The minimum atomic E-state index is -0.446. The van der Waals surface area contributed by atoms with Gasteiger partial charge < -0.3 is 10.2 Å². The SMILES string of the molecule is Cc1cc(C)c(O)c(C(C)C(=O)C(C)c2cc(C)cc(C)c2O)c1. The lowest BCUT2D eigenvalue weighted by atomic mass is 9.83. The van der Waals surface area contributed by atoms with Gasteiger partial charge in [0.05, 0.1) is 0 Å². The largest absolute Gasteiger partial charge is 0.507 e. The molecule has 2 aromatic rings. The summed E-state index contributed by atoms with van der Waals surface area (Å²) in [5, 5.41) is 20.7. The first-order valence-corrected chi connectivity index (χ1v) is 8.27. The van der Waals surface area contributed by atoms with Gasteiger partial charge in [-0.1, -0.05) is 49.2 Å². The van der Waals surface area contributed by atoms with E-state index in [1.54, 1.807) is 0 Å². The normalized spacial score (nSPS) is 13.6. The van der Waals surface area contributed by atoms with Crippen molar-refractivity contribution in [2.45, 2.75) is 53.4 Å². The molecule has 0 aliphatic heterocycles. The number of Topliss-reactive ketones (excluding diaryl/α,β-unsaturated/α-hetero) is 1. The molecule has 0 aliphatic rings. The number of carbonyl (C=O) groups excluding carboxylic acids is 1. The Bertz CT molecular complexity index is 725. The first-order chi connectivity index (χ1) is 11.1. The van der Waals surface area contributed by atoms with Crippen LogP contribution in [0.4, 0.5) is 0 Å². The van der Waals surface area contributed by atoms with Crippen LogP contribution in [0.2, 0.25) is 0 Å². The number of aryl methyl sites for hydroxylation is 4. The van der Waals surface area contributed by atoms with Gasteiger partial charge in [0.15, 0.2) is 0 Å². The Labute approximate surface area is 144 Å². The van der Waals surface area contributed by atoms with Gasteiger partial charge in [-0.05, 0) is 38.8 Å². The summed E-state index contributed by atoms with van der Waals surface area (Å²) >= 11 is 0. The molecule has 0 amide bonds. The summed E-state index contributed by atoms with van der Waals surface area (Å²) in [6, 6.07) is 7.52. The van der Waals surface area contributed by atoms with E-state index in [4.69, 9.17) is 0 Å². The van der Waals surface area contributed by atoms with Gasteiger partial charge in [-0.3, -0.25) is 4.79 Å². The summed E-state index contributed by atoms with van der Waals surface area (Å²) in [5.74, 6) is -0.551. The van der Waals surface area contributed by atoms with E-state index in [0.29, 0.717) is 11.1 Å². The second-order valence-corrected chi connectivity index (χ2v) is 6.89. The lowest BCUT2D eigenvalue weighted by Crippen LogP contribution is -2.17. The molecule has 0 radical (unpaired) electrons. The highest BCUT2D eigenvalue weighted by atomic mass is 16.3. The Morgan fingerprint density at radius 3 is 1.42 bits per heavy atom. The molecule has 24 heavy (non-hydrogen) atoms. The van der Waals surface area contributed by atoms with Crippen molar-refractivity contribution in [1.82, 2.24) is 0 Å². The van der Waals surface area contributed by atoms with Crippen LogP contribution in [0.5, 0.6) is 11.5 Å². The van der Waals surface area contributed by atoms with Crippen LogP contribution in [0.15, 0.2) is 24.3 Å². The smallest absolute Gasteiger partial charge is 0.147 e. The maximum atomic E-state index is 13.0. The number of benzene rings is 2. The molecule has 0 spiro atoms. The van der Waals surface area contributed by atoms with E-state index in [1.165, 1.54) is 0 Å². The van der Waals surface area contributed by atoms with Crippen LogP contribution in [0, 0.1) is 27.7 Å². The molecule has 2 aromatic carbocycles. The Balaban J connectivity index is 2.42. The molecule has 3 heteroatoms. The summed E-state index contributed by atoms with van der Waals surface area (Å²) in [6.45, 7) is 11.2. The zero-order valence-corrected chi connectivity index (χ0v) is 15.3. The average molecular weight is 326 g/mol. The first kappa shape index (κ1) is 18.1. The molecule has 2 rings (SSSR count). The summed E-state index contributed by atoms with van der Waals surface area (Å²) in [4.78, 5) is 13.0. The van der Waals surface area contributed by atoms with Crippen LogP contribution in [-0.4, -0.2) is 16.0 Å². The predicted molar refractivity (Wildman–Crippen MR) is 97.0 cm³/mol. The predicted octanol–water partition coefficient (Wildman–Crippen LogP) is 4.81. The molecule has 0 bridgehead atoms. The molecule has 0 saturated heterocycles. The molecule has 0 fully saturated rings. The molecule has 2 unspecified atom stereocenters. The van der Waals surface area contributed by atoms with Gasteiger partial charge >= 0.3 is 0 Å². The number of phenolic OH excluding ortho intramolecular Hbond substituents is 2. The van der Waals surface area contributed by atoms with E-state index in [-0.39, 0.29) is 17.3 Å². The van der Waals surface area contributed by atoms with Gasteiger partial charge in [0.1, 0.15) is 17.3 Å². The van der Waals surface area contributed by atoms with Crippen LogP contribution in [0.25, 0.3) is 0 Å². The summed E-state index contributed by atoms with van der Waals surface area (Å²) < 4.78 is 0. The van der Waals surface area contributed by atoms with E-state index in [0.717, 1.165) is 22.3 Å². The number of phenols is 2. The van der Waals surface area contributed by atoms with Crippen molar-refractivity contribution in [3.63, 3.8) is 0 Å². The number of ketones is 1. The molecule has 3 nitrogen and oxygen atoms in total. The molecule has 2 atom stereocenters. The molecular formula is C21H26O3. The van der Waals surface area contributed by atoms with Crippen molar-refractivity contribution >= 4 is 5.78 Å². The van der Waals surface area contributed by atoms with Crippen LogP contribution in [-0.2, 0) is 4.79 Å². The Hall–Kier alpha value is -2.29. The van der Waals surface area contributed by atoms with Gasteiger partial charge in [0.25, 0.3) is 0 Å². The van der Waals surface area contributed by atoms with Crippen LogP contribution in [0.3, 0.4) is 0 Å². The number of carbonyl (C=O) groups is 1. The van der Waals surface area contributed by atoms with Crippen LogP contribution in [0.1, 0.15) is 59.1 Å². The maximum Gasteiger partial charge on any atom is 0.147 e. The highest BCUT2D eigenvalue weighted by Gasteiger charge is 2.27.